The van der Waals surface area contributed by atoms with Gasteiger partial charge in [-0.2, -0.15) is 0 Å². The number of H-pyrrole nitrogens is 1. The molecule has 3 rings (SSSR count). The van der Waals surface area contributed by atoms with Gasteiger partial charge in [-0.25, -0.2) is 9.78 Å². The lowest BCUT2D eigenvalue weighted by atomic mass is 9.95. The van der Waals surface area contributed by atoms with Crippen molar-refractivity contribution in [1.29, 1.82) is 0 Å². The van der Waals surface area contributed by atoms with Crippen LogP contribution in [0.3, 0.4) is 0 Å². The fourth-order valence-electron chi connectivity index (χ4n) is 11.9. The predicted molar refractivity (Wildman–Crippen MR) is 401 cm³/mol. The van der Waals surface area contributed by atoms with Crippen LogP contribution >= 0.6 is 0 Å². The highest BCUT2D eigenvalue weighted by Gasteiger charge is 2.53. The summed E-state index contributed by atoms with van der Waals surface area (Å²) >= 11 is 0. The Morgan fingerprint density at radius 1 is 0.625 bits per heavy atom. The summed E-state index contributed by atoms with van der Waals surface area (Å²) in [6.07, 6.45) is 0.229. The number of hydrogen-bond acceptors (Lipinski definition) is 22. The molecule has 1 aliphatic heterocycles. The normalized spacial score (nSPS) is 19.3. The van der Waals surface area contributed by atoms with Gasteiger partial charge < -0.3 is 123 Å². The molecule has 0 bridgehead atoms. The third-order valence-corrected chi connectivity index (χ3v) is 18.4. The lowest BCUT2D eigenvalue weighted by Crippen LogP contribution is -2.62. The number of amides is 14. The number of hydrogen-bond donors (Lipinski definition) is 23. The van der Waals surface area contributed by atoms with E-state index in [1.54, 1.807) is 41.5 Å². The molecule has 2 aliphatic rings. The monoisotopic (exact) mass is 1590 g/mol. The largest absolute Gasteiger partial charge is 0.481 e. The zero-order valence-electron chi connectivity index (χ0n) is 64.6. The summed E-state index contributed by atoms with van der Waals surface area (Å²) in [5, 5.41) is 73.7. The Bertz CT molecular complexity index is 3410. The molecule has 13 atom stereocenters. The van der Waals surface area contributed by atoms with Gasteiger partial charge in [-0.1, -0.05) is 48.0 Å². The molecule has 27 N–H and O–H groups in total. The molecule has 0 radical (unpaired) electrons. The first-order chi connectivity index (χ1) is 52.9. The Kier molecular flexibility index (Phi) is 41.7. The van der Waals surface area contributed by atoms with Crippen molar-refractivity contribution in [3.8, 4) is 0 Å². The van der Waals surface area contributed by atoms with Gasteiger partial charge >= 0.3 is 17.9 Å². The van der Waals surface area contributed by atoms with Gasteiger partial charge in [0.1, 0.15) is 78.0 Å². The number of carbonyl (C=O) groups is 17. The number of nitrogens with one attached hydrogen (secondary N) is 15. The smallest absolute Gasteiger partial charge is 0.328 e. The van der Waals surface area contributed by atoms with E-state index < -0.39 is 217 Å². The Morgan fingerprint density at radius 2 is 1.20 bits per heavy atom. The number of aromatic nitrogens is 2. The van der Waals surface area contributed by atoms with E-state index in [4.69, 9.17) is 22.9 Å². The quantitative estimate of drug-likeness (QED) is 0.0164. The van der Waals surface area contributed by atoms with Crippen LogP contribution in [-0.2, 0) is 87.9 Å². The molecular formula is C70H117N21O21. The number of nitrogens with two attached hydrogens (primary N) is 4. The molecule has 1 aromatic rings. The summed E-state index contributed by atoms with van der Waals surface area (Å²) in [7, 11) is 0. The van der Waals surface area contributed by atoms with E-state index in [1.165, 1.54) is 12.5 Å². The summed E-state index contributed by atoms with van der Waals surface area (Å²) in [5.41, 5.74) is 21.5. The minimum Gasteiger partial charge on any atom is -0.481 e. The average Bonchev–Trinajstić information content (AvgIpc) is 1.62. The van der Waals surface area contributed by atoms with Gasteiger partial charge in [0.2, 0.25) is 82.7 Å². The second-order valence-corrected chi connectivity index (χ2v) is 28.9. The first kappa shape index (κ1) is 95.6. The molecule has 1 aliphatic carbocycles. The molecule has 2 heterocycles. The van der Waals surface area contributed by atoms with Gasteiger partial charge in [-0.3, -0.25) is 81.7 Å². The second-order valence-electron chi connectivity index (χ2n) is 28.9. The minimum atomic E-state index is -1.96. The number of aliphatic carboxylic acids is 3. The Morgan fingerprint density at radius 3 is 1.72 bits per heavy atom. The molecule has 1 saturated heterocycles. The van der Waals surface area contributed by atoms with Crippen LogP contribution in [0.25, 0.3) is 0 Å². The number of aromatic amines is 1. The summed E-state index contributed by atoms with van der Waals surface area (Å²) in [5.74, 6) is -19.2. The van der Waals surface area contributed by atoms with E-state index in [0.29, 0.717) is 25.0 Å². The van der Waals surface area contributed by atoms with Crippen LogP contribution in [0.1, 0.15) is 183 Å². The van der Waals surface area contributed by atoms with E-state index in [2.05, 4.69) is 84.1 Å². The number of unbranched alkanes of at least 4 members (excludes halogenated alkanes) is 2. The molecule has 0 aromatic carbocycles. The number of carbonyl (C=O) groups excluding carboxylic acids is 14. The van der Waals surface area contributed by atoms with Crippen molar-refractivity contribution in [3.63, 3.8) is 0 Å². The van der Waals surface area contributed by atoms with E-state index in [0.717, 1.165) is 6.92 Å². The predicted octanol–water partition coefficient (Wildman–Crippen LogP) is -6.00. The van der Waals surface area contributed by atoms with Crippen molar-refractivity contribution >= 4 is 107 Å². The van der Waals surface area contributed by atoms with Gasteiger partial charge in [-0.05, 0) is 134 Å². The fraction of sp³-hybridized carbons (Fsp3) is 0.700. The highest BCUT2D eigenvalue weighted by atomic mass is 16.4. The maximum absolute atomic E-state index is 14.9. The van der Waals surface area contributed by atoms with Crippen LogP contribution in [0.2, 0.25) is 0 Å². The number of carboxylic acids is 3. The summed E-state index contributed by atoms with van der Waals surface area (Å²) in [6.45, 7) is 10.4. The molecule has 42 heteroatoms. The maximum atomic E-state index is 14.9. The zero-order chi connectivity index (χ0) is 83.9. The molecule has 1 aromatic heterocycles. The summed E-state index contributed by atoms with van der Waals surface area (Å²) in [4.78, 5) is 245. The van der Waals surface area contributed by atoms with Crippen molar-refractivity contribution < 1.29 is 102 Å². The zero-order valence-corrected chi connectivity index (χ0v) is 64.6. The SMILES string of the molecule is CCC(C)[C@H](NC(=O)[C@H](CCCCN)NC(=O)[C@H](Cc1cnc[nH]1)NC(=O)[C@H](CCCCN)NC(=O)[C@H](CCC(=O)O)NC(C)=O)C(=O)N[C@@H](CC(C)C)C(=O)N[C@H]1CCC(=O)NCCC[C@@H](C(=O)N[C@@H](CC(=O)O)C(=O)N[C@@H](CO)C(=O)O)NC(=O)C2(CC2)NC(=O)[C@H](CC(C)C)NC(=O)[C@H](CCCN=C(N)N)NC1=O. The number of carboxylic acid groups (broad SMARTS) is 3. The van der Waals surface area contributed by atoms with Crippen LogP contribution in [0.15, 0.2) is 17.5 Å². The molecule has 14 amide bonds. The topological polar surface area (TPSA) is 685 Å². The van der Waals surface area contributed by atoms with E-state index >= 15 is 0 Å². The van der Waals surface area contributed by atoms with Gasteiger partial charge in [0.05, 0.1) is 19.4 Å². The van der Waals surface area contributed by atoms with Crippen molar-refractivity contribution in [3.05, 3.63) is 18.2 Å². The number of aliphatic imine (C=N–C) groups is 1. The number of imidazole rings is 1. The summed E-state index contributed by atoms with van der Waals surface area (Å²) in [6, 6.07) is -18.7. The number of aliphatic hydroxyl groups is 1. The standard InChI is InChI=1S/C70H117N21O21/c1-8-38(6)55(90-61(104)42(16-10-12-26-72)82-63(106)49(31-40-33-75-35-78-40)85-56(99)41(15-9-11-25-71)80-59(102)45(79-39(7)93)20-22-53(95)96)66(109)87-47(29-36(2)3)62(105)83-46-19-21-52(94)76-27-13-18-44(58(101)86-50(32-54(97)98)64(107)88-51(34-92)67(110)111)89-68(112)70(23-24-70)91-65(108)48(30-37(4)5)84-57(100)43(81-60(46)103)17-14-28-77-69(73)74/h33,35-38,41-51,55,92H,8-32,34,71-72H2,1-7H3,(H,75,78)(H,76,94)(H,79,93)(H,80,102)(H,81,103)(H,82,106)(H,83,105)(H,84,100)(H,85,99)(H,86,101)(H,87,109)(H,88,107)(H,89,112)(H,90,104)(H,91,108)(H,95,96)(H,97,98)(H,110,111)(H4,73,74,77)/t38?,41-,42-,43-,44-,45-,46-,47-,48-,49-,50-,51-,55-/m0/s1. The molecule has 2 fully saturated rings. The third-order valence-electron chi connectivity index (χ3n) is 18.4. The van der Waals surface area contributed by atoms with E-state index in [-0.39, 0.29) is 134 Å². The molecule has 42 nitrogen and oxygen atoms in total. The van der Waals surface area contributed by atoms with E-state index in [9.17, 15) is 102 Å². The van der Waals surface area contributed by atoms with Crippen LogP contribution in [0.5, 0.6) is 0 Å². The molecule has 1 saturated carbocycles. The third kappa shape index (κ3) is 34.7. The van der Waals surface area contributed by atoms with Crippen molar-refractivity contribution in [2.75, 3.05) is 32.8 Å². The first-order valence-corrected chi connectivity index (χ1v) is 37.8. The number of aliphatic hydroxyl groups excluding tert-OH is 1. The minimum absolute atomic E-state index is 0.0174. The van der Waals surface area contributed by atoms with Crippen LogP contribution < -0.4 is 97.4 Å². The van der Waals surface area contributed by atoms with Crippen LogP contribution in [-0.4, -0.2) is 248 Å². The maximum Gasteiger partial charge on any atom is 0.328 e. The summed E-state index contributed by atoms with van der Waals surface area (Å²) < 4.78 is 0. The van der Waals surface area contributed by atoms with Crippen LogP contribution in [0, 0.1) is 17.8 Å². The fourth-order valence-corrected chi connectivity index (χ4v) is 11.9. The number of rotatable bonds is 44. The molecule has 1 spiro atoms. The molecule has 1 unspecified atom stereocenters. The Balaban J connectivity index is 2.10. The van der Waals surface area contributed by atoms with Crippen LogP contribution in [0.4, 0.5) is 0 Å². The number of nitrogens with zero attached hydrogens (tertiary/aromatic N) is 2. The van der Waals surface area contributed by atoms with Crippen molar-refractivity contribution in [2.45, 2.75) is 261 Å². The lowest BCUT2D eigenvalue weighted by Gasteiger charge is -2.30. The molecule has 112 heavy (non-hydrogen) atoms. The molecule has 628 valence electrons. The number of guanidine groups is 1. The Hall–Kier alpha value is -10.6. The van der Waals surface area contributed by atoms with Gasteiger partial charge in [-0.15, -0.1) is 0 Å². The lowest BCUT2D eigenvalue weighted by molar-refractivity contribution is -0.144. The average molecular weight is 1590 g/mol. The second kappa shape index (κ2) is 48.9. The van der Waals surface area contributed by atoms with Crippen molar-refractivity contribution in [1.82, 2.24) is 84.4 Å². The first-order valence-electron chi connectivity index (χ1n) is 37.8. The highest BCUT2D eigenvalue weighted by molar-refractivity contribution is 6.02. The van der Waals surface area contributed by atoms with Crippen molar-refractivity contribution in [2.24, 2.45) is 45.7 Å². The van der Waals surface area contributed by atoms with E-state index in [1.807, 2.05) is 5.32 Å². The van der Waals surface area contributed by atoms with Gasteiger partial charge in [0.15, 0.2) is 5.96 Å². The van der Waals surface area contributed by atoms with Gasteiger partial charge in [0, 0.05) is 51.2 Å². The van der Waals surface area contributed by atoms with Gasteiger partial charge in [0.25, 0.3) is 0 Å². The Labute approximate surface area is 648 Å². The highest BCUT2D eigenvalue weighted by Crippen LogP contribution is 2.36. The molecular weight excluding hydrogens is 1470 g/mol.